The largest absolute Gasteiger partial charge is 0.383 e. The first kappa shape index (κ1) is 14.8. The van der Waals surface area contributed by atoms with Gasteiger partial charge in [-0.1, -0.05) is 37.6 Å². The molecule has 0 saturated heterocycles. The first-order chi connectivity index (χ1) is 10.3. The number of aryl methyl sites for hydroxylation is 3. The van der Waals surface area contributed by atoms with E-state index >= 15 is 0 Å². The molecule has 0 saturated carbocycles. The summed E-state index contributed by atoms with van der Waals surface area (Å²) < 4.78 is 0. The predicted molar refractivity (Wildman–Crippen MR) is 90.1 cm³/mol. The molecule has 112 valence electrons. The van der Waals surface area contributed by atoms with Gasteiger partial charge in [0.1, 0.15) is 6.10 Å². The molecule has 1 heterocycles. The van der Waals surface area contributed by atoms with E-state index in [2.05, 4.69) is 37.3 Å². The zero-order valence-electron chi connectivity index (χ0n) is 12.8. The lowest BCUT2D eigenvalue weighted by molar-refractivity contribution is 0.224. The molecule has 0 amide bonds. The van der Waals surface area contributed by atoms with Gasteiger partial charge in [0.15, 0.2) is 0 Å². The Morgan fingerprint density at radius 2 is 1.90 bits per heavy atom. The zero-order chi connectivity index (χ0) is 14.7. The molecule has 3 rings (SSSR count). The van der Waals surface area contributed by atoms with E-state index in [1.54, 1.807) is 11.3 Å². The van der Waals surface area contributed by atoms with Gasteiger partial charge < -0.3 is 5.11 Å². The number of fused-ring (bicyclic) bond motifs is 1. The van der Waals surface area contributed by atoms with Crippen LogP contribution < -0.4 is 0 Å². The highest BCUT2D eigenvalue weighted by Crippen LogP contribution is 2.35. The fourth-order valence-electron chi connectivity index (χ4n) is 3.06. The predicted octanol–water partition coefficient (Wildman–Crippen LogP) is 5.05. The lowest BCUT2D eigenvalue weighted by atomic mass is 9.98. The van der Waals surface area contributed by atoms with E-state index in [0.717, 1.165) is 16.9 Å². The van der Waals surface area contributed by atoms with Crippen LogP contribution in [0.5, 0.6) is 0 Å². The molecule has 0 spiro atoms. The highest BCUT2D eigenvalue weighted by molar-refractivity contribution is 7.12. The molecule has 0 bridgehead atoms. The van der Waals surface area contributed by atoms with Crippen molar-refractivity contribution in [3.8, 4) is 0 Å². The fraction of sp³-hybridized carbons (Fsp3) is 0.474. The van der Waals surface area contributed by atoms with Gasteiger partial charge in [0.05, 0.1) is 0 Å². The van der Waals surface area contributed by atoms with Gasteiger partial charge >= 0.3 is 0 Å². The summed E-state index contributed by atoms with van der Waals surface area (Å²) >= 11 is 1.81. The zero-order valence-corrected chi connectivity index (χ0v) is 13.6. The van der Waals surface area contributed by atoms with Crippen LogP contribution in [0, 0.1) is 0 Å². The van der Waals surface area contributed by atoms with Crippen molar-refractivity contribution in [2.75, 3.05) is 0 Å². The Bertz CT molecular complexity index is 559. The second-order valence-corrected chi connectivity index (χ2v) is 7.22. The summed E-state index contributed by atoms with van der Waals surface area (Å²) in [7, 11) is 0. The second-order valence-electron chi connectivity index (χ2n) is 6.05. The lowest BCUT2D eigenvalue weighted by Gasteiger charge is -2.10. The van der Waals surface area contributed by atoms with Gasteiger partial charge in [-0.3, -0.25) is 0 Å². The van der Waals surface area contributed by atoms with Crippen molar-refractivity contribution in [3.05, 3.63) is 56.8 Å². The minimum absolute atomic E-state index is 0.458. The van der Waals surface area contributed by atoms with Crippen LogP contribution in [0.2, 0.25) is 0 Å². The topological polar surface area (TPSA) is 20.2 Å². The smallest absolute Gasteiger partial charge is 0.113 e. The van der Waals surface area contributed by atoms with E-state index in [0.29, 0.717) is 0 Å². The van der Waals surface area contributed by atoms with Crippen molar-refractivity contribution in [3.63, 3.8) is 0 Å². The molecule has 2 aromatic rings. The molecule has 1 aromatic carbocycles. The van der Waals surface area contributed by atoms with E-state index in [4.69, 9.17) is 0 Å². The molecule has 1 nitrogen and oxygen atoms in total. The number of thiophene rings is 1. The summed E-state index contributed by atoms with van der Waals surface area (Å²) in [6.45, 7) is 2.22. The third-order valence-corrected chi connectivity index (χ3v) is 5.69. The summed E-state index contributed by atoms with van der Waals surface area (Å²) in [4.78, 5) is 2.61. The Balaban J connectivity index is 1.75. The van der Waals surface area contributed by atoms with E-state index < -0.39 is 6.10 Å². The first-order valence-corrected chi connectivity index (χ1v) is 8.98. The number of benzene rings is 1. The monoisotopic (exact) mass is 300 g/mol. The number of aliphatic hydroxyl groups is 1. The van der Waals surface area contributed by atoms with Crippen molar-refractivity contribution in [1.29, 1.82) is 0 Å². The highest BCUT2D eigenvalue weighted by atomic mass is 32.1. The first-order valence-electron chi connectivity index (χ1n) is 8.16. The van der Waals surface area contributed by atoms with Crippen LogP contribution in [0.4, 0.5) is 0 Å². The van der Waals surface area contributed by atoms with Crippen LogP contribution in [0.25, 0.3) is 0 Å². The molecule has 21 heavy (non-hydrogen) atoms. The van der Waals surface area contributed by atoms with Crippen LogP contribution in [0.1, 0.15) is 65.2 Å². The van der Waals surface area contributed by atoms with Gasteiger partial charge in [0, 0.05) is 9.75 Å². The molecule has 1 aromatic heterocycles. The molecule has 0 fully saturated rings. The van der Waals surface area contributed by atoms with Gasteiger partial charge in [0.2, 0.25) is 0 Å². The maximum absolute atomic E-state index is 10.6. The Hall–Kier alpha value is -1.12. The van der Waals surface area contributed by atoms with Crippen molar-refractivity contribution in [1.82, 2.24) is 0 Å². The average Bonchev–Trinajstić information content (AvgIpc) is 2.96. The highest BCUT2D eigenvalue weighted by Gasteiger charge is 2.18. The minimum atomic E-state index is -0.458. The Kier molecular flexibility index (Phi) is 4.77. The normalized spacial score (nSPS) is 15.7. The van der Waals surface area contributed by atoms with E-state index in [-0.39, 0.29) is 0 Å². The maximum atomic E-state index is 10.6. The van der Waals surface area contributed by atoms with Crippen molar-refractivity contribution in [2.24, 2.45) is 0 Å². The summed E-state index contributed by atoms with van der Waals surface area (Å²) in [6, 6.07) is 10.8. The van der Waals surface area contributed by atoms with Crippen LogP contribution in [0.15, 0.2) is 30.3 Å². The standard InChI is InChI=1S/C19H24OS/c1-2-3-6-14-9-11-15(12-10-14)19(20)18-13-16-7-4-5-8-17(16)21-18/h9-13,19-20H,2-8H2,1H3. The van der Waals surface area contributed by atoms with Gasteiger partial charge in [-0.2, -0.15) is 0 Å². The molecule has 1 unspecified atom stereocenters. The van der Waals surface area contributed by atoms with Gasteiger partial charge in [0.25, 0.3) is 0 Å². The van der Waals surface area contributed by atoms with Gasteiger partial charge in [-0.25, -0.2) is 0 Å². The summed E-state index contributed by atoms with van der Waals surface area (Å²) in [6.07, 6.45) is 8.13. The van der Waals surface area contributed by atoms with E-state index in [9.17, 15) is 5.11 Å². The molecule has 1 aliphatic carbocycles. The third kappa shape index (κ3) is 3.38. The number of unbranched alkanes of at least 4 members (excludes halogenated alkanes) is 1. The molecule has 1 N–H and O–H groups in total. The lowest BCUT2D eigenvalue weighted by Crippen LogP contribution is -1.98. The van der Waals surface area contributed by atoms with E-state index in [1.165, 1.54) is 54.5 Å². The molecular weight excluding hydrogens is 276 g/mol. The fourth-order valence-corrected chi connectivity index (χ4v) is 4.33. The third-order valence-electron chi connectivity index (χ3n) is 4.40. The van der Waals surface area contributed by atoms with Crippen molar-refractivity contribution >= 4 is 11.3 Å². The van der Waals surface area contributed by atoms with Crippen molar-refractivity contribution in [2.45, 2.75) is 58.0 Å². The maximum Gasteiger partial charge on any atom is 0.113 e. The molecule has 1 aliphatic rings. The van der Waals surface area contributed by atoms with Crippen molar-refractivity contribution < 1.29 is 5.11 Å². The molecular formula is C19H24OS. The number of hydrogen-bond acceptors (Lipinski definition) is 2. The summed E-state index contributed by atoms with van der Waals surface area (Å²) in [5.41, 5.74) is 3.87. The number of aliphatic hydroxyl groups excluding tert-OH is 1. The van der Waals surface area contributed by atoms with Gasteiger partial charge in [-0.05, 0) is 61.3 Å². The Labute approximate surface area is 131 Å². The SMILES string of the molecule is CCCCc1ccc(C(O)c2cc3c(s2)CCCC3)cc1. The molecule has 0 aliphatic heterocycles. The van der Waals surface area contributed by atoms with E-state index in [1.807, 2.05) is 0 Å². The molecule has 2 heteroatoms. The second kappa shape index (κ2) is 6.76. The van der Waals surface area contributed by atoms with Crippen LogP contribution in [-0.4, -0.2) is 5.11 Å². The Morgan fingerprint density at radius 1 is 1.14 bits per heavy atom. The quantitative estimate of drug-likeness (QED) is 0.819. The number of rotatable bonds is 5. The van der Waals surface area contributed by atoms with Crippen LogP contribution in [0.3, 0.4) is 0 Å². The van der Waals surface area contributed by atoms with Crippen LogP contribution >= 0.6 is 11.3 Å². The Morgan fingerprint density at radius 3 is 2.62 bits per heavy atom. The molecule has 0 radical (unpaired) electrons. The summed E-state index contributed by atoms with van der Waals surface area (Å²) in [5.74, 6) is 0. The van der Waals surface area contributed by atoms with Gasteiger partial charge in [-0.15, -0.1) is 11.3 Å². The average molecular weight is 300 g/mol. The molecule has 1 atom stereocenters. The minimum Gasteiger partial charge on any atom is -0.383 e. The van der Waals surface area contributed by atoms with Crippen LogP contribution in [-0.2, 0) is 19.3 Å². The number of hydrogen-bond donors (Lipinski definition) is 1. The summed E-state index contributed by atoms with van der Waals surface area (Å²) in [5, 5.41) is 10.6.